The van der Waals surface area contributed by atoms with Gasteiger partial charge in [-0.1, -0.05) is 27.7 Å². The summed E-state index contributed by atoms with van der Waals surface area (Å²) in [5.74, 6) is 0. The summed E-state index contributed by atoms with van der Waals surface area (Å²) in [5, 5.41) is 9.87. The van der Waals surface area contributed by atoms with Crippen molar-refractivity contribution < 1.29 is 9.53 Å². The summed E-state index contributed by atoms with van der Waals surface area (Å²) in [6.07, 6.45) is 0.389. The van der Waals surface area contributed by atoms with Crippen molar-refractivity contribution in [3.8, 4) is 0 Å². The average Bonchev–Trinajstić information content (AvgIpc) is 2.00. The number of rotatable bonds is 4. The van der Waals surface area contributed by atoms with Crippen LogP contribution in [0.4, 0.5) is 0 Å². The van der Waals surface area contributed by atoms with Crippen LogP contribution in [0.25, 0.3) is 0 Å². The van der Waals surface area contributed by atoms with Gasteiger partial charge in [0, 0.05) is 0 Å². The van der Waals surface area contributed by atoms with E-state index >= 15 is 0 Å². The van der Waals surface area contributed by atoms with E-state index in [1.807, 2.05) is 13.8 Å². The summed E-state index contributed by atoms with van der Waals surface area (Å²) in [6.45, 7) is 15.0. The number of aliphatic hydroxyl groups excluding tert-OH is 1. The Morgan fingerprint density at radius 3 is 2.00 bits per heavy atom. The van der Waals surface area contributed by atoms with Crippen LogP contribution in [-0.4, -0.2) is 25.6 Å². The molecule has 1 N–H and O–H groups in total. The second-order valence-corrected chi connectivity index (χ2v) is 10.3. The van der Waals surface area contributed by atoms with Crippen LogP contribution in [-0.2, 0) is 4.43 Å². The predicted molar refractivity (Wildman–Crippen MR) is 64.0 cm³/mol. The van der Waals surface area contributed by atoms with E-state index < -0.39 is 8.32 Å². The van der Waals surface area contributed by atoms with Gasteiger partial charge in [0.15, 0.2) is 8.32 Å². The highest BCUT2D eigenvalue weighted by atomic mass is 28.4. The van der Waals surface area contributed by atoms with E-state index in [0.29, 0.717) is 0 Å². The Morgan fingerprint density at radius 1 is 1.29 bits per heavy atom. The summed E-state index contributed by atoms with van der Waals surface area (Å²) in [7, 11) is -1.71. The monoisotopic (exact) mass is 218 g/mol. The predicted octanol–water partition coefficient (Wildman–Crippen LogP) is 3.17. The fourth-order valence-electron chi connectivity index (χ4n) is 1.05. The van der Waals surface area contributed by atoms with Crippen LogP contribution >= 0.6 is 0 Å². The minimum atomic E-state index is -1.71. The Bertz CT molecular complexity index is 173. The first kappa shape index (κ1) is 14.1. The van der Waals surface area contributed by atoms with Crippen molar-refractivity contribution >= 4 is 8.32 Å². The second kappa shape index (κ2) is 4.77. The van der Waals surface area contributed by atoms with Gasteiger partial charge in [-0.05, 0) is 31.5 Å². The summed E-state index contributed by atoms with van der Waals surface area (Å²) in [6, 6.07) is 0. The highest BCUT2D eigenvalue weighted by Crippen LogP contribution is 2.37. The van der Waals surface area contributed by atoms with Gasteiger partial charge in [-0.15, -0.1) is 0 Å². The van der Waals surface area contributed by atoms with Crippen molar-refractivity contribution in [3.63, 3.8) is 0 Å². The van der Waals surface area contributed by atoms with Gasteiger partial charge < -0.3 is 9.53 Å². The molecule has 0 saturated carbocycles. The summed E-state index contributed by atoms with van der Waals surface area (Å²) in [5.41, 5.74) is 0. The van der Waals surface area contributed by atoms with Crippen LogP contribution in [0.3, 0.4) is 0 Å². The molecule has 86 valence electrons. The maximum absolute atomic E-state index is 9.65. The summed E-state index contributed by atoms with van der Waals surface area (Å²) < 4.78 is 6.04. The van der Waals surface area contributed by atoms with E-state index in [1.165, 1.54) is 0 Å². The Balaban J connectivity index is 4.36. The number of aliphatic hydroxyl groups is 1. The van der Waals surface area contributed by atoms with Gasteiger partial charge in [0.1, 0.15) is 0 Å². The van der Waals surface area contributed by atoms with Gasteiger partial charge in [0.05, 0.1) is 12.2 Å². The molecule has 0 aliphatic heterocycles. The third kappa shape index (κ3) is 3.71. The molecule has 0 aliphatic carbocycles. The van der Waals surface area contributed by atoms with E-state index in [-0.39, 0.29) is 17.2 Å². The van der Waals surface area contributed by atoms with E-state index in [0.717, 1.165) is 6.42 Å². The SMILES string of the molecule is CC[C@H](O)[C@@H](C)O[Si](C)(C)C(C)(C)C. The van der Waals surface area contributed by atoms with Crippen LogP contribution in [0.1, 0.15) is 41.0 Å². The van der Waals surface area contributed by atoms with Crippen LogP contribution in [0, 0.1) is 0 Å². The van der Waals surface area contributed by atoms with E-state index in [9.17, 15) is 5.11 Å². The zero-order chi connectivity index (χ0) is 11.6. The minimum Gasteiger partial charge on any atom is -0.412 e. The lowest BCUT2D eigenvalue weighted by Gasteiger charge is -2.39. The maximum Gasteiger partial charge on any atom is 0.192 e. The number of hydrogen-bond donors (Lipinski definition) is 1. The first-order chi connectivity index (χ1) is 6.12. The molecule has 0 aliphatic rings. The molecule has 0 unspecified atom stereocenters. The third-order valence-electron chi connectivity index (χ3n) is 3.25. The normalized spacial score (nSPS) is 18.0. The molecule has 2 atom stereocenters. The molecule has 0 saturated heterocycles. The standard InChI is InChI=1S/C11H26O2Si/c1-8-10(12)9(2)13-14(6,7)11(3,4)5/h9-10,12H,8H2,1-7H3/t9-,10+/m1/s1. The quantitative estimate of drug-likeness (QED) is 0.734. The van der Waals surface area contributed by atoms with E-state index in [4.69, 9.17) is 4.43 Å². The molecule has 0 fully saturated rings. The van der Waals surface area contributed by atoms with Crippen LogP contribution < -0.4 is 0 Å². The van der Waals surface area contributed by atoms with Crippen molar-refractivity contribution in [2.75, 3.05) is 0 Å². The Morgan fingerprint density at radius 2 is 1.71 bits per heavy atom. The van der Waals surface area contributed by atoms with Crippen LogP contribution in [0.15, 0.2) is 0 Å². The molecule has 0 heterocycles. The number of hydrogen-bond acceptors (Lipinski definition) is 2. The largest absolute Gasteiger partial charge is 0.412 e. The lowest BCUT2D eigenvalue weighted by molar-refractivity contribution is 0.0366. The molecule has 0 radical (unpaired) electrons. The Hall–Kier alpha value is 0.137. The van der Waals surface area contributed by atoms with Gasteiger partial charge in [0.25, 0.3) is 0 Å². The average molecular weight is 218 g/mol. The van der Waals surface area contributed by atoms with Crippen LogP contribution in [0.5, 0.6) is 0 Å². The van der Waals surface area contributed by atoms with E-state index in [1.54, 1.807) is 0 Å². The Kier molecular flexibility index (Phi) is 4.82. The van der Waals surface area contributed by atoms with Crippen molar-refractivity contribution in [2.45, 2.75) is 71.4 Å². The first-order valence-corrected chi connectivity index (χ1v) is 8.38. The summed E-state index contributed by atoms with van der Waals surface area (Å²) in [4.78, 5) is 0. The fraction of sp³-hybridized carbons (Fsp3) is 1.00. The zero-order valence-electron chi connectivity index (χ0n) is 10.7. The molecule has 0 aromatic heterocycles. The zero-order valence-corrected chi connectivity index (χ0v) is 11.7. The Labute approximate surface area is 89.8 Å². The second-order valence-electron chi connectivity index (χ2n) is 5.56. The van der Waals surface area contributed by atoms with Gasteiger partial charge >= 0.3 is 0 Å². The highest BCUT2D eigenvalue weighted by molar-refractivity contribution is 6.74. The van der Waals surface area contributed by atoms with E-state index in [2.05, 4.69) is 33.9 Å². The van der Waals surface area contributed by atoms with Crippen molar-refractivity contribution in [1.82, 2.24) is 0 Å². The molecule has 0 bridgehead atoms. The van der Waals surface area contributed by atoms with Crippen molar-refractivity contribution in [2.24, 2.45) is 0 Å². The molecule has 0 amide bonds. The molecule has 0 aromatic rings. The smallest absolute Gasteiger partial charge is 0.192 e. The van der Waals surface area contributed by atoms with Crippen molar-refractivity contribution in [1.29, 1.82) is 0 Å². The van der Waals surface area contributed by atoms with Crippen molar-refractivity contribution in [3.05, 3.63) is 0 Å². The lowest BCUT2D eigenvalue weighted by Crippen LogP contribution is -2.46. The van der Waals surface area contributed by atoms with Gasteiger partial charge in [-0.2, -0.15) is 0 Å². The minimum absolute atomic E-state index is 0.0408. The highest BCUT2D eigenvalue weighted by Gasteiger charge is 2.39. The molecule has 0 spiro atoms. The molecular weight excluding hydrogens is 192 g/mol. The third-order valence-corrected chi connectivity index (χ3v) is 7.82. The fourth-order valence-corrected chi connectivity index (χ4v) is 2.49. The van der Waals surface area contributed by atoms with Crippen LogP contribution in [0.2, 0.25) is 18.1 Å². The summed E-state index contributed by atoms with van der Waals surface area (Å²) >= 11 is 0. The molecule has 14 heavy (non-hydrogen) atoms. The van der Waals surface area contributed by atoms with Gasteiger partial charge in [-0.3, -0.25) is 0 Å². The van der Waals surface area contributed by atoms with Gasteiger partial charge in [0.2, 0.25) is 0 Å². The first-order valence-electron chi connectivity index (χ1n) is 5.47. The maximum atomic E-state index is 9.65. The topological polar surface area (TPSA) is 29.5 Å². The molecular formula is C11H26O2Si. The molecule has 2 nitrogen and oxygen atoms in total. The lowest BCUT2D eigenvalue weighted by atomic mass is 10.2. The molecule has 3 heteroatoms. The molecule has 0 rings (SSSR count). The van der Waals surface area contributed by atoms with Gasteiger partial charge in [-0.25, -0.2) is 0 Å². The molecule has 0 aromatic carbocycles.